The Morgan fingerprint density at radius 2 is 1.74 bits per heavy atom. The molecule has 9 heteroatoms. The SMILES string of the molecule is COc1cccc(CNC(=O)Cn2nc3c(Oc4ccccc4)nc4ccccc4n3c2=O)c1. The summed E-state index contributed by atoms with van der Waals surface area (Å²) in [4.78, 5) is 30.4. The maximum atomic E-state index is 13.2. The van der Waals surface area contributed by atoms with Crippen molar-refractivity contribution in [3.8, 4) is 17.4 Å². The lowest BCUT2D eigenvalue weighted by molar-refractivity contribution is -0.122. The van der Waals surface area contributed by atoms with Crippen LogP contribution in [0.4, 0.5) is 0 Å². The van der Waals surface area contributed by atoms with E-state index in [1.807, 2.05) is 54.6 Å². The van der Waals surface area contributed by atoms with Crippen molar-refractivity contribution in [2.24, 2.45) is 0 Å². The van der Waals surface area contributed by atoms with Gasteiger partial charge in [-0.15, -0.1) is 5.10 Å². The van der Waals surface area contributed by atoms with Crippen molar-refractivity contribution in [1.82, 2.24) is 24.5 Å². The van der Waals surface area contributed by atoms with E-state index in [0.29, 0.717) is 29.1 Å². The number of hydrogen-bond acceptors (Lipinski definition) is 6. The highest BCUT2D eigenvalue weighted by Gasteiger charge is 2.19. The summed E-state index contributed by atoms with van der Waals surface area (Å²) in [6.45, 7) is 0.0502. The lowest BCUT2D eigenvalue weighted by atomic mass is 10.2. The minimum atomic E-state index is -0.456. The van der Waals surface area contributed by atoms with Gasteiger partial charge in [0.15, 0.2) is 0 Å². The molecule has 0 spiro atoms. The van der Waals surface area contributed by atoms with Gasteiger partial charge < -0.3 is 14.8 Å². The van der Waals surface area contributed by atoms with Crippen LogP contribution >= 0.6 is 0 Å². The predicted molar refractivity (Wildman–Crippen MR) is 126 cm³/mol. The fourth-order valence-electron chi connectivity index (χ4n) is 3.62. The number of ether oxygens (including phenoxy) is 2. The van der Waals surface area contributed by atoms with Gasteiger partial charge in [0.2, 0.25) is 11.6 Å². The van der Waals surface area contributed by atoms with Gasteiger partial charge in [-0.05, 0) is 42.0 Å². The van der Waals surface area contributed by atoms with Crippen LogP contribution in [0.3, 0.4) is 0 Å². The number of carbonyl (C=O) groups excluding carboxylic acids is 1. The molecular formula is C25H21N5O4. The summed E-state index contributed by atoms with van der Waals surface area (Å²) in [5.41, 5.74) is 1.80. The second-order valence-corrected chi connectivity index (χ2v) is 7.55. The zero-order valence-corrected chi connectivity index (χ0v) is 18.3. The first-order chi connectivity index (χ1) is 16.6. The quantitative estimate of drug-likeness (QED) is 0.405. The normalized spacial score (nSPS) is 11.0. The van der Waals surface area contributed by atoms with Gasteiger partial charge in [0.25, 0.3) is 5.88 Å². The standard InChI is InChI=1S/C25H21N5O4/c1-33-19-11-7-8-17(14-19)15-26-22(31)16-29-25(32)30-21-13-6-5-12-20(21)27-24(23(30)28-29)34-18-9-3-2-4-10-18/h2-14H,15-16H2,1H3,(H,26,31). The van der Waals surface area contributed by atoms with E-state index in [1.54, 1.807) is 31.4 Å². The molecule has 0 radical (unpaired) electrons. The Labute approximate surface area is 194 Å². The number of fused-ring (bicyclic) bond motifs is 3. The summed E-state index contributed by atoms with van der Waals surface area (Å²) in [6.07, 6.45) is 0. The van der Waals surface area contributed by atoms with E-state index < -0.39 is 5.69 Å². The molecule has 0 aliphatic carbocycles. The summed E-state index contributed by atoms with van der Waals surface area (Å²) >= 11 is 0. The van der Waals surface area contributed by atoms with Gasteiger partial charge in [-0.3, -0.25) is 4.79 Å². The molecule has 1 amide bonds. The number of methoxy groups -OCH3 is 1. The molecule has 0 saturated carbocycles. The first-order valence-corrected chi connectivity index (χ1v) is 10.6. The molecule has 2 aromatic heterocycles. The molecule has 34 heavy (non-hydrogen) atoms. The van der Waals surface area contributed by atoms with Crippen LogP contribution in [0.25, 0.3) is 16.7 Å². The molecule has 0 unspecified atom stereocenters. The van der Waals surface area contributed by atoms with E-state index >= 15 is 0 Å². The number of carbonyl (C=O) groups is 1. The highest BCUT2D eigenvalue weighted by atomic mass is 16.5. The number of nitrogens with zero attached hydrogens (tertiary/aromatic N) is 4. The molecule has 3 aromatic carbocycles. The van der Waals surface area contributed by atoms with E-state index in [2.05, 4.69) is 15.4 Å². The Morgan fingerprint density at radius 3 is 2.56 bits per heavy atom. The van der Waals surface area contributed by atoms with E-state index in [9.17, 15) is 9.59 Å². The van der Waals surface area contributed by atoms with Crippen LogP contribution in [-0.4, -0.2) is 32.2 Å². The predicted octanol–water partition coefficient (Wildman–Crippen LogP) is 3.16. The topological polar surface area (TPSA) is 99.8 Å². The minimum Gasteiger partial charge on any atom is -0.497 e. The molecule has 5 rings (SSSR count). The zero-order valence-electron chi connectivity index (χ0n) is 18.3. The van der Waals surface area contributed by atoms with Gasteiger partial charge in [0, 0.05) is 6.54 Å². The number of aromatic nitrogens is 4. The Balaban J connectivity index is 1.46. The Hall–Kier alpha value is -4.66. The molecule has 0 aliphatic heterocycles. The monoisotopic (exact) mass is 455 g/mol. The summed E-state index contributed by atoms with van der Waals surface area (Å²) in [5.74, 6) is 1.09. The van der Waals surface area contributed by atoms with Crippen LogP contribution in [0, 0.1) is 0 Å². The third kappa shape index (κ3) is 4.18. The van der Waals surface area contributed by atoms with E-state index in [-0.39, 0.29) is 24.0 Å². The largest absolute Gasteiger partial charge is 0.497 e. The van der Waals surface area contributed by atoms with Gasteiger partial charge in [-0.25, -0.2) is 18.9 Å². The fraction of sp³-hybridized carbons (Fsp3) is 0.120. The van der Waals surface area contributed by atoms with Crippen LogP contribution in [0.2, 0.25) is 0 Å². The van der Waals surface area contributed by atoms with Gasteiger partial charge in [-0.1, -0.05) is 42.5 Å². The third-order valence-corrected chi connectivity index (χ3v) is 5.25. The summed E-state index contributed by atoms with van der Waals surface area (Å²) in [5, 5.41) is 7.19. The van der Waals surface area contributed by atoms with E-state index in [1.165, 1.54) is 4.40 Å². The van der Waals surface area contributed by atoms with Crippen LogP contribution < -0.4 is 20.5 Å². The molecule has 0 bridgehead atoms. The van der Waals surface area contributed by atoms with Gasteiger partial charge in [-0.2, -0.15) is 0 Å². The van der Waals surface area contributed by atoms with Crippen LogP contribution in [0.5, 0.6) is 17.4 Å². The molecular weight excluding hydrogens is 434 g/mol. The number of hydrogen-bond donors (Lipinski definition) is 1. The van der Waals surface area contributed by atoms with E-state index in [4.69, 9.17) is 9.47 Å². The maximum absolute atomic E-state index is 13.2. The van der Waals surface area contributed by atoms with Gasteiger partial charge in [0.05, 0.1) is 18.1 Å². The van der Waals surface area contributed by atoms with E-state index in [0.717, 1.165) is 10.2 Å². The Kier molecular flexibility index (Phi) is 5.65. The number of rotatable bonds is 7. The maximum Gasteiger partial charge on any atom is 0.351 e. The second kappa shape index (κ2) is 9.07. The highest BCUT2D eigenvalue weighted by Crippen LogP contribution is 2.25. The first-order valence-electron chi connectivity index (χ1n) is 10.6. The molecule has 0 fully saturated rings. The first kappa shape index (κ1) is 21.2. The molecule has 1 N–H and O–H groups in total. The highest BCUT2D eigenvalue weighted by molar-refractivity contribution is 5.80. The van der Waals surface area contributed by atoms with Gasteiger partial charge >= 0.3 is 5.69 Å². The minimum absolute atomic E-state index is 0.178. The average molecular weight is 455 g/mol. The second-order valence-electron chi connectivity index (χ2n) is 7.55. The average Bonchev–Trinajstić information content (AvgIpc) is 3.20. The van der Waals surface area contributed by atoms with Crippen molar-refractivity contribution >= 4 is 22.6 Å². The van der Waals surface area contributed by atoms with Crippen molar-refractivity contribution in [2.75, 3.05) is 7.11 Å². The van der Waals surface area contributed by atoms with Crippen LogP contribution in [-0.2, 0) is 17.9 Å². The molecule has 0 aliphatic rings. The molecule has 9 nitrogen and oxygen atoms in total. The van der Waals surface area contributed by atoms with Crippen molar-refractivity contribution in [3.63, 3.8) is 0 Å². The summed E-state index contributed by atoms with van der Waals surface area (Å²) < 4.78 is 13.7. The zero-order chi connectivity index (χ0) is 23.5. The summed E-state index contributed by atoms with van der Waals surface area (Å²) in [6, 6.07) is 23.7. The van der Waals surface area contributed by atoms with Crippen LogP contribution in [0.1, 0.15) is 5.56 Å². The van der Waals surface area contributed by atoms with Crippen LogP contribution in [0.15, 0.2) is 83.7 Å². The molecule has 2 heterocycles. The van der Waals surface area contributed by atoms with Crippen molar-refractivity contribution < 1.29 is 14.3 Å². The van der Waals surface area contributed by atoms with Gasteiger partial charge in [0.1, 0.15) is 18.0 Å². The Bertz CT molecular complexity index is 1540. The molecule has 170 valence electrons. The third-order valence-electron chi connectivity index (χ3n) is 5.25. The number of para-hydroxylation sites is 3. The van der Waals surface area contributed by atoms with Crippen molar-refractivity contribution in [3.05, 3.63) is 94.9 Å². The van der Waals surface area contributed by atoms with Crippen molar-refractivity contribution in [2.45, 2.75) is 13.1 Å². The Morgan fingerprint density at radius 1 is 0.971 bits per heavy atom. The lowest BCUT2D eigenvalue weighted by Crippen LogP contribution is -2.32. The molecule has 0 atom stereocenters. The number of amides is 1. The fourth-order valence-corrected chi connectivity index (χ4v) is 3.62. The lowest BCUT2D eigenvalue weighted by Gasteiger charge is -2.07. The summed E-state index contributed by atoms with van der Waals surface area (Å²) in [7, 11) is 1.59. The number of nitrogens with one attached hydrogen (secondary N) is 1. The van der Waals surface area contributed by atoms with Crippen molar-refractivity contribution in [1.29, 1.82) is 0 Å². The smallest absolute Gasteiger partial charge is 0.351 e. The number of benzene rings is 3. The molecule has 0 saturated heterocycles. The molecule has 5 aromatic rings.